The molecule has 2 rings (SSSR count). The van der Waals surface area contributed by atoms with Crippen molar-refractivity contribution in [3.05, 3.63) is 29.6 Å². The highest BCUT2D eigenvalue weighted by Crippen LogP contribution is 2.26. The van der Waals surface area contributed by atoms with Crippen LogP contribution in [0.15, 0.2) is 18.3 Å². The Balaban J connectivity index is 2.07. The van der Waals surface area contributed by atoms with Crippen LogP contribution in [0.1, 0.15) is 56.6 Å². The summed E-state index contributed by atoms with van der Waals surface area (Å²) in [6.07, 6.45) is 2.56. The van der Waals surface area contributed by atoms with E-state index in [-0.39, 0.29) is 11.3 Å². The van der Waals surface area contributed by atoms with Crippen LogP contribution in [0.2, 0.25) is 0 Å². The summed E-state index contributed by atoms with van der Waals surface area (Å²) >= 11 is 0. The Morgan fingerprint density at radius 2 is 1.90 bits per heavy atom. The normalized spacial score (nSPS) is 18.9. The van der Waals surface area contributed by atoms with Crippen LogP contribution >= 0.6 is 0 Å². The number of rotatable bonds is 1. The molecule has 1 amide bonds. The summed E-state index contributed by atoms with van der Waals surface area (Å²) in [4.78, 5) is 18.3. The van der Waals surface area contributed by atoms with Gasteiger partial charge in [0.1, 0.15) is 11.4 Å². The van der Waals surface area contributed by atoms with Crippen LogP contribution < -0.4 is 0 Å². The van der Waals surface area contributed by atoms with Gasteiger partial charge in [-0.3, -0.25) is 9.78 Å². The van der Waals surface area contributed by atoms with E-state index in [1.165, 1.54) is 0 Å². The fourth-order valence-electron chi connectivity index (χ4n) is 2.30. The maximum Gasteiger partial charge on any atom is 0.272 e. The molecule has 0 spiro atoms. The van der Waals surface area contributed by atoms with Gasteiger partial charge in [0.25, 0.3) is 5.91 Å². The second kappa shape index (κ2) is 5.15. The van der Waals surface area contributed by atoms with Crippen molar-refractivity contribution in [2.24, 2.45) is 0 Å². The number of amides is 1. The number of hydrogen-bond acceptors (Lipinski definition) is 2. The highest BCUT2D eigenvalue weighted by atomic mass is 19.1. The molecule has 3 nitrogen and oxygen atoms in total. The molecule has 110 valence electrons. The topological polar surface area (TPSA) is 33.2 Å². The molecule has 0 atom stereocenters. The van der Waals surface area contributed by atoms with E-state index in [4.69, 9.17) is 0 Å². The number of alkyl halides is 1. The third kappa shape index (κ3) is 3.35. The van der Waals surface area contributed by atoms with Crippen molar-refractivity contribution < 1.29 is 9.18 Å². The van der Waals surface area contributed by atoms with Gasteiger partial charge in [-0.15, -0.1) is 0 Å². The third-order valence-electron chi connectivity index (χ3n) is 3.94. The molecular formula is C16H23FN2O. The molecule has 0 radical (unpaired) electrons. The molecule has 1 aromatic rings. The zero-order valence-corrected chi connectivity index (χ0v) is 12.7. The molecule has 1 aliphatic rings. The molecule has 1 aromatic heterocycles. The summed E-state index contributed by atoms with van der Waals surface area (Å²) in [5.41, 5.74) is 0.431. The van der Waals surface area contributed by atoms with Crippen LogP contribution in [0.3, 0.4) is 0 Å². The first kappa shape index (κ1) is 14.9. The number of piperidine rings is 1. The Hall–Kier alpha value is -1.45. The molecule has 1 aliphatic heterocycles. The molecule has 0 aromatic carbocycles. The molecule has 0 bridgehead atoms. The van der Waals surface area contributed by atoms with E-state index in [0.717, 1.165) is 5.56 Å². The zero-order chi connectivity index (χ0) is 15.0. The van der Waals surface area contributed by atoms with Crippen molar-refractivity contribution in [1.29, 1.82) is 0 Å². The zero-order valence-electron chi connectivity index (χ0n) is 12.7. The monoisotopic (exact) mass is 278 g/mol. The maximum absolute atomic E-state index is 13.7. The van der Waals surface area contributed by atoms with Gasteiger partial charge in [0.05, 0.1) is 0 Å². The van der Waals surface area contributed by atoms with Gasteiger partial charge in [0.2, 0.25) is 0 Å². The van der Waals surface area contributed by atoms with Crippen molar-refractivity contribution in [3.63, 3.8) is 0 Å². The van der Waals surface area contributed by atoms with E-state index in [9.17, 15) is 9.18 Å². The van der Waals surface area contributed by atoms with E-state index < -0.39 is 5.67 Å². The fourth-order valence-corrected chi connectivity index (χ4v) is 2.30. The molecular weight excluding hydrogens is 255 g/mol. The van der Waals surface area contributed by atoms with E-state index in [0.29, 0.717) is 31.6 Å². The summed E-state index contributed by atoms with van der Waals surface area (Å²) in [7, 11) is 0. The minimum Gasteiger partial charge on any atom is -0.337 e. The molecule has 2 heterocycles. The van der Waals surface area contributed by atoms with Crippen LogP contribution in [0, 0.1) is 0 Å². The van der Waals surface area contributed by atoms with Gasteiger partial charge >= 0.3 is 0 Å². The van der Waals surface area contributed by atoms with Crippen LogP contribution in [-0.4, -0.2) is 34.5 Å². The van der Waals surface area contributed by atoms with Crippen LogP contribution in [-0.2, 0) is 5.41 Å². The first-order valence-corrected chi connectivity index (χ1v) is 7.14. The number of aromatic nitrogens is 1. The quantitative estimate of drug-likeness (QED) is 0.789. The molecule has 0 N–H and O–H groups in total. The molecule has 1 saturated heterocycles. The summed E-state index contributed by atoms with van der Waals surface area (Å²) in [5, 5.41) is 0. The van der Waals surface area contributed by atoms with Crippen molar-refractivity contribution in [2.75, 3.05) is 13.1 Å². The minimum absolute atomic E-state index is 0.0236. The van der Waals surface area contributed by atoms with Crippen LogP contribution in [0.4, 0.5) is 4.39 Å². The van der Waals surface area contributed by atoms with Gasteiger partial charge in [0, 0.05) is 19.3 Å². The smallest absolute Gasteiger partial charge is 0.272 e. The predicted octanol–water partition coefficient (Wildman–Crippen LogP) is 3.34. The fraction of sp³-hybridized carbons (Fsp3) is 0.625. The lowest BCUT2D eigenvalue weighted by Crippen LogP contribution is -2.43. The molecule has 20 heavy (non-hydrogen) atoms. The Bertz CT molecular complexity index is 478. The van der Waals surface area contributed by atoms with Crippen molar-refractivity contribution in [2.45, 2.75) is 51.6 Å². The summed E-state index contributed by atoms with van der Waals surface area (Å²) < 4.78 is 13.7. The summed E-state index contributed by atoms with van der Waals surface area (Å²) in [6, 6.07) is 3.72. The Labute approximate surface area is 120 Å². The average molecular weight is 278 g/mol. The second-order valence-electron chi connectivity index (χ2n) is 6.89. The SMILES string of the molecule is CC1(F)CCN(C(=O)c2ccc(C(C)(C)C)cn2)CC1. The van der Waals surface area contributed by atoms with Crippen LogP contribution in [0.25, 0.3) is 0 Å². The van der Waals surface area contributed by atoms with Gasteiger partial charge in [-0.05, 0) is 36.8 Å². The Kier molecular flexibility index (Phi) is 3.85. The van der Waals surface area contributed by atoms with Crippen LogP contribution in [0.5, 0.6) is 0 Å². The van der Waals surface area contributed by atoms with Crippen molar-refractivity contribution >= 4 is 5.91 Å². The Morgan fingerprint density at radius 3 is 2.35 bits per heavy atom. The molecule has 4 heteroatoms. The van der Waals surface area contributed by atoms with Gasteiger partial charge < -0.3 is 4.90 Å². The van der Waals surface area contributed by atoms with Gasteiger partial charge in [-0.2, -0.15) is 0 Å². The number of carbonyl (C=O) groups is 1. The number of carbonyl (C=O) groups excluding carboxylic acids is 1. The van der Waals surface area contributed by atoms with E-state index in [1.807, 2.05) is 6.07 Å². The highest BCUT2D eigenvalue weighted by Gasteiger charge is 2.32. The lowest BCUT2D eigenvalue weighted by Gasteiger charge is -2.34. The van der Waals surface area contributed by atoms with Gasteiger partial charge in [0.15, 0.2) is 0 Å². The lowest BCUT2D eigenvalue weighted by molar-refractivity contribution is 0.0499. The second-order valence-corrected chi connectivity index (χ2v) is 6.89. The third-order valence-corrected chi connectivity index (χ3v) is 3.94. The number of pyridine rings is 1. The van der Waals surface area contributed by atoms with E-state index in [2.05, 4.69) is 25.8 Å². The number of nitrogens with zero attached hydrogens (tertiary/aromatic N) is 2. The average Bonchev–Trinajstić information content (AvgIpc) is 2.37. The molecule has 0 saturated carbocycles. The van der Waals surface area contributed by atoms with Crippen molar-refractivity contribution in [1.82, 2.24) is 9.88 Å². The van der Waals surface area contributed by atoms with Gasteiger partial charge in [-0.25, -0.2) is 4.39 Å². The molecule has 1 fully saturated rings. The number of halogens is 1. The standard InChI is InChI=1S/C16H23FN2O/c1-15(2,3)12-5-6-13(18-11-12)14(20)19-9-7-16(4,17)8-10-19/h5-6,11H,7-10H2,1-4H3. The van der Waals surface area contributed by atoms with Crippen molar-refractivity contribution in [3.8, 4) is 0 Å². The first-order chi connectivity index (χ1) is 9.19. The first-order valence-electron chi connectivity index (χ1n) is 7.14. The summed E-state index contributed by atoms with van der Waals surface area (Å²) in [5.74, 6) is -0.0963. The Morgan fingerprint density at radius 1 is 1.30 bits per heavy atom. The minimum atomic E-state index is -1.14. The molecule has 0 aliphatic carbocycles. The maximum atomic E-state index is 13.7. The predicted molar refractivity (Wildman–Crippen MR) is 77.6 cm³/mol. The van der Waals surface area contributed by atoms with Gasteiger partial charge in [-0.1, -0.05) is 26.8 Å². The highest BCUT2D eigenvalue weighted by molar-refractivity contribution is 5.92. The summed E-state index contributed by atoms with van der Waals surface area (Å²) in [6.45, 7) is 8.86. The van der Waals surface area contributed by atoms with E-state index in [1.54, 1.807) is 24.1 Å². The largest absolute Gasteiger partial charge is 0.337 e. The molecule has 0 unspecified atom stereocenters. The lowest BCUT2D eigenvalue weighted by atomic mass is 9.88. The number of likely N-dealkylation sites (tertiary alicyclic amines) is 1. The number of hydrogen-bond donors (Lipinski definition) is 0. The van der Waals surface area contributed by atoms with E-state index >= 15 is 0 Å².